The molecule has 0 unspecified atom stereocenters. The molecule has 0 aliphatic heterocycles. The number of benzene rings is 1. The number of carbonyl (C=O) groups excluding carboxylic acids is 1. The van der Waals surface area contributed by atoms with Crippen molar-refractivity contribution in [2.24, 2.45) is 0 Å². The van der Waals surface area contributed by atoms with Crippen LogP contribution in [0.2, 0.25) is 5.15 Å². The van der Waals surface area contributed by atoms with Crippen molar-refractivity contribution in [1.29, 1.82) is 0 Å². The first-order chi connectivity index (χ1) is 9.47. The van der Waals surface area contributed by atoms with Crippen molar-refractivity contribution in [3.8, 4) is 0 Å². The summed E-state index contributed by atoms with van der Waals surface area (Å²) in [5, 5.41) is 0.322. The first-order valence-electron chi connectivity index (χ1n) is 5.78. The van der Waals surface area contributed by atoms with Crippen LogP contribution >= 0.6 is 27.5 Å². The maximum absolute atomic E-state index is 13.7. The van der Waals surface area contributed by atoms with E-state index in [0.717, 1.165) is 4.47 Å². The zero-order valence-electron chi connectivity index (χ0n) is 10.6. The number of halogens is 3. The molecular formula is C14H11BrClFN2O. The lowest BCUT2D eigenvalue weighted by molar-refractivity contribution is 0.0783. The lowest BCUT2D eigenvalue weighted by Gasteiger charge is -2.17. The highest BCUT2D eigenvalue weighted by Crippen LogP contribution is 2.17. The van der Waals surface area contributed by atoms with E-state index in [9.17, 15) is 9.18 Å². The monoisotopic (exact) mass is 356 g/mol. The van der Waals surface area contributed by atoms with Gasteiger partial charge in [-0.2, -0.15) is 0 Å². The third-order valence-electron chi connectivity index (χ3n) is 2.74. The summed E-state index contributed by atoms with van der Waals surface area (Å²) in [6, 6.07) is 7.76. The van der Waals surface area contributed by atoms with Crippen molar-refractivity contribution in [2.75, 3.05) is 7.05 Å². The fourth-order valence-corrected chi connectivity index (χ4v) is 2.23. The number of hydrogen-bond donors (Lipinski definition) is 0. The summed E-state index contributed by atoms with van der Waals surface area (Å²) < 4.78 is 14.4. The predicted octanol–water partition coefficient (Wildman–Crippen LogP) is 3.91. The molecule has 1 amide bonds. The summed E-state index contributed by atoms with van der Waals surface area (Å²) in [5.74, 6) is -0.587. The van der Waals surface area contributed by atoms with Gasteiger partial charge in [-0.1, -0.05) is 27.5 Å². The standard InChI is InChI=1S/C14H11BrClFN2O/c1-19(8-10-6-11(15)3-4-12(10)17)14(20)9-2-5-13(16)18-7-9/h2-7H,8H2,1H3. The molecule has 0 bridgehead atoms. The van der Waals surface area contributed by atoms with Crippen LogP contribution in [0.1, 0.15) is 15.9 Å². The second kappa shape index (κ2) is 6.33. The molecule has 20 heavy (non-hydrogen) atoms. The van der Waals surface area contributed by atoms with Gasteiger partial charge in [0.2, 0.25) is 0 Å². The average Bonchev–Trinajstić information content (AvgIpc) is 2.43. The van der Waals surface area contributed by atoms with E-state index in [2.05, 4.69) is 20.9 Å². The van der Waals surface area contributed by atoms with Crippen molar-refractivity contribution >= 4 is 33.4 Å². The highest BCUT2D eigenvalue weighted by molar-refractivity contribution is 9.10. The van der Waals surface area contributed by atoms with Crippen LogP contribution in [0.25, 0.3) is 0 Å². The summed E-state index contributed by atoms with van der Waals surface area (Å²) in [7, 11) is 1.61. The van der Waals surface area contributed by atoms with Crippen LogP contribution in [0.3, 0.4) is 0 Å². The van der Waals surface area contributed by atoms with Gasteiger partial charge in [0.05, 0.1) is 5.56 Å². The number of nitrogens with zero attached hydrogens (tertiary/aromatic N) is 2. The molecule has 2 aromatic rings. The Labute approximate surface area is 129 Å². The van der Waals surface area contributed by atoms with Crippen LogP contribution in [0.5, 0.6) is 0 Å². The molecule has 0 aliphatic rings. The van der Waals surface area contributed by atoms with Crippen LogP contribution in [-0.2, 0) is 6.54 Å². The second-order valence-corrected chi connectivity index (χ2v) is 5.57. The Hall–Kier alpha value is -1.46. The molecule has 0 spiro atoms. The number of amides is 1. The number of aromatic nitrogens is 1. The fourth-order valence-electron chi connectivity index (χ4n) is 1.71. The van der Waals surface area contributed by atoms with Gasteiger partial charge in [-0.3, -0.25) is 4.79 Å². The minimum absolute atomic E-state index is 0.173. The Morgan fingerprint density at radius 3 is 2.80 bits per heavy atom. The van der Waals surface area contributed by atoms with Gasteiger partial charge in [-0.15, -0.1) is 0 Å². The Bertz CT molecular complexity index is 634. The smallest absolute Gasteiger partial charge is 0.255 e. The van der Waals surface area contributed by atoms with Crippen molar-refractivity contribution in [2.45, 2.75) is 6.54 Å². The van der Waals surface area contributed by atoms with Gasteiger partial charge in [0, 0.05) is 29.8 Å². The van der Waals surface area contributed by atoms with Crippen molar-refractivity contribution in [3.05, 3.63) is 63.1 Å². The highest BCUT2D eigenvalue weighted by Gasteiger charge is 2.14. The lowest BCUT2D eigenvalue weighted by Crippen LogP contribution is -2.26. The van der Waals surface area contributed by atoms with E-state index in [4.69, 9.17) is 11.6 Å². The second-order valence-electron chi connectivity index (χ2n) is 4.27. The van der Waals surface area contributed by atoms with E-state index < -0.39 is 0 Å². The van der Waals surface area contributed by atoms with Crippen molar-refractivity contribution in [3.63, 3.8) is 0 Å². The van der Waals surface area contributed by atoms with Gasteiger partial charge >= 0.3 is 0 Å². The Kier molecular flexibility index (Phi) is 4.73. The molecular weight excluding hydrogens is 347 g/mol. The SMILES string of the molecule is CN(Cc1cc(Br)ccc1F)C(=O)c1ccc(Cl)nc1. The number of carbonyl (C=O) groups is 1. The summed E-state index contributed by atoms with van der Waals surface area (Å²) in [6.45, 7) is 0.173. The molecule has 0 N–H and O–H groups in total. The summed E-state index contributed by atoms with van der Waals surface area (Å²) in [5.41, 5.74) is 0.851. The maximum atomic E-state index is 13.7. The third kappa shape index (κ3) is 3.55. The van der Waals surface area contributed by atoms with Crippen LogP contribution in [0.4, 0.5) is 4.39 Å². The number of rotatable bonds is 3. The molecule has 0 atom stereocenters. The molecule has 104 valence electrons. The van der Waals surface area contributed by atoms with Gasteiger partial charge in [-0.05, 0) is 30.3 Å². The Morgan fingerprint density at radius 1 is 1.40 bits per heavy atom. The lowest BCUT2D eigenvalue weighted by atomic mass is 10.2. The minimum Gasteiger partial charge on any atom is -0.337 e. The molecule has 0 fully saturated rings. The van der Waals surface area contributed by atoms with E-state index in [1.807, 2.05) is 0 Å². The molecule has 1 aromatic carbocycles. The molecule has 0 saturated carbocycles. The van der Waals surface area contributed by atoms with Gasteiger partial charge in [-0.25, -0.2) is 9.37 Å². The predicted molar refractivity (Wildman–Crippen MR) is 79.1 cm³/mol. The quantitative estimate of drug-likeness (QED) is 0.780. The molecule has 1 heterocycles. The summed E-state index contributed by atoms with van der Waals surface area (Å²) in [4.78, 5) is 17.4. The largest absolute Gasteiger partial charge is 0.337 e. The van der Waals surface area contributed by atoms with Gasteiger partial charge in [0.1, 0.15) is 11.0 Å². The van der Waals surface area contributed by atoms with Crippen LogP contribution in [0, 0.1) is 5.82 Å². The van der Waals surface area contributed by atoms with E-state index in [-0.39, 0.29) is 18.3 Å². The first kappa shape index (κ1) is 14.9. The minimum atomic E-state index is -0.345. The fraction of sp³-hybridized carbons (Fsp3) is 0.143. The zero-order chi connectivity index (χ0) is 14.7. The number of hydrogen-bond acceptors (Lipinski definition) is 2. The molecule has 3 nitrogen and oxygen atoms in total. The molecule has 0 aliphatic carbocycles. The summed E-state index contributed by atoms with van der Waals surface area (Å²) >= 11 is 8.95. The van der Waals surface area contributed by atoms with E-state index >= 15 is 0 Å². The van der Waals surface area contributed by atoms with E-state index in [1.165, 1.54) is 17.2 Å². The first-order valence-corrected chi connectivity index (χ1v) is 6.95. The van der Waals surface area contributed by atoms with Gasteiger partial charge < -0.3 is 4.90 Å². The van der Waals surface area contributed by atoms with E-state index in [1.54, 1.807) is 31.3 Å². The normalized spacial score (nSPS) is 10.4. The average molecular weight is 358 g/mol. The van der Waals surface area contributed by atoms with Crippen LogP contribution in [-0.4, -0.2) is 22.8 Å². The van der Waals surface area contributed by atoms with Crippen LogP contribution < -0.4 is 0 Å². The van der Waals surface area contributed by atoms with Crippen LogP contribution in [0.15, 0.2) is 41.0 Å². The van der Waals surface area contributed by atoms with Gasteiger partial charge in [0.15, 0.2) is 0 Å². The zero-order valence-corrected chi connectivity index (χ0v) is 12.9. The van der Waals surface area contributed by atoms with Crippen molar-refractivity contribution in [1.82, 2.24) is 9.88 Å². The molecule has 0 saturated heterocycles. The molecule has 1 aromatic heterocycles. The Morgan fingerprint density at radius 2 is 2.15 bits per heavy atom. The molecule has 0 radical (unpaired) electrons. The van der Waals surface area contributed by atoms with Gasteiger partial charge in [0.25, 0.3) is 5.91 Å². The third-order valence-corrected chi connectivity index (χ3v) is 3.45. The Balaban J connectivity index is 2.15. The van der Waals surface area contributed by atoms with E-state index in [0.29, 0.717) is 16.3 Å². The topological polar surface area (TPSA) is 33.2 Å². The highest BCUT2D eigenvalue weighted by atomic mass is 79.9. The van der Waals surface area contributed by atoms with Crippen molar-refractivity contribution < 1.29 is 9.18 Å². The summed E-state index contributed by atoms with van der Waals surface area (Å²) in [6.07, 6.45) is 1.40. The number of pyridine rings is 1. The molecule has 2 rings (SSSR count). The maximum Gasteiger partial charge on any atom is 0.255 e. The molecule has 6 heteroatoms.